The Kier molecular flexibility index (Phi) is 3.71. The number of likely N-dealkylation sites (tertiary alicyclic amines) is 1. The van der Waals surface area contributed by atoms with Crippen LogP contribution in [0.4, 0.5) is 0 Å². The molecule has 100 valence electrons. The number of rotatable bonds is 4. The third-order valence-electron chi connectivity index (χ3n) is 3.83. The van der Waals surface area contributed by atoms with Crippen LogP contribution in [0.15, 0.2) is 6.20 Å². The van der Waals surface area contributed by atoms with Crippen molar-refractivity contribution in [1.29, 1.82) is 0 Å². The number of aromatic nitrogens is 2. The van der Waals surface area contributed by atoms with Crippen molar-refractivity contribution in [2.75, 3.05) is 6.54 Å². The van der Waals surface area contributed by atoms with E-state index in [4.69, 9.17) is 5.11 Å². The quantitative estimate of drug-likeness (QED) is 0.885. The first-order valence-electron chi connectivity index (χ1n) is 6.46. The minimum Gasteiger partial charge on any atom is -0.481 e. The van der Waals surface area contributed by atoms with Crippen molar-refractivity contribution in [1.82, 2.24) is 14.7 Å². The van der Waals surface area contributed by atoms with Gasteiger partial charge >= 0.3 is 5.97 Å². The maximum Gasteiger partial charge on any atom is 0.304 e. The van der Waals surface area contributed by atoms with E-state index in [1.54, 1.807) is 0 Å². The van der Waals surface area contributed by atoms with Gasteiger partial charge in [0.2, 0.25) is 0 Å². The standard InChI is InChI=1S/C13H21N3O2/c1-9-12(8-15(3)14-9)10(2)16-6-4-5-11(16)7-13(17)18/h8,10-11H,4-7H2,1-3H3,(H,17,18). The van der Waals surface area contributed by atoms with Crippen LogP contribution in [-0.4, -0.2) is 38.3 Å². The molecule has 1 aromatic heterocycles. The largest absolute Gasteiger partial charge is 0.481 e. The summed E-state index contributed by atoms with van der Waals surface area (Å²) in [5.41, 5.74) is 2.24. The first kappa shape index (κ1) is 13.1. The molecule has 5 heteroatoms. The van der Waals surface area contributed by atoms with Crippen LogP contribution in [0, 0.1) is 6.92 Å². The van der Waals surface area contributed by atoms with E-state index in [1.165, 1.54) is 5.56 Å². The third-order valence-corrected chi connectivity index (χ3v) is 3.83. The summed E-state index contributed by atoms with van der Waals surface area (Å²) < 4.78 is 1.82. The van der Waals surface area contributed by atoms with E-state index in [0.717, 1.165) is 25.1 Å². The molecule has 0 amide bonds. The van der Waals surface area contributed by atoms with Crippen LogP contribution in [0.5, 0.6) is 0 Å². The maximum atomic E-state index is 10.9. The molecule has 1 N–H and O–H groups in total. The first-order chi connectivity index (χ1) is 8.49. The van der Waals surface area contributed by atoms with Crippen molar-refractivity contribution in [2.45, 2.75) is 45.2 Å². The number of hydrogen-bond acceptors (Lipinski definition) is 3. The van der Waals surface area contributed by atoms with Gasteiger partial charge in [0.05, 0.1) is 12.1 Å². The van der Waals surface area contributed by atoms with Gasteiger partial charge in [0, 0.05) is 30.9 Å². The molecule has 2 atom stereocenters. The molecule has 1 saturated heterocycles. The summed E-state index contributed by atoms with van der Waals surface area (Å²) in [6.07, 6.45) is 4.34. The zero-order chi connectivity index (χ0) is 13.3. The average Bonchev–Trinajstić information content (AvgIpc) is 2.83. The normalized spacial score (nSPS) is 22.3. The van der Waals surface area contributed by atoms with Gasteiger partial charge < -0.3 is 5.11 Å². The fourth-order valence-corrected chi connectivity index (χ4v) is 3.00. The zero-order valence-corrected chi connectivity index (χ0v) is 11.3. The number of aliphatic carboxylic acids is 1. The Balaban J connectivity index is 2.14. The Hall–Kier alpha value is -1.36. The lowest BCUT2D eigenvalue weighted by molar-refractivity contribution is -0.138. The third kappa shape index (κ3) is 2.56. The summed E-state index contributed by atoms with van der Waals surface area (Å²) in [6, 6.07) is 0.405. The van der Waals surface area contributed by atoms with Crippen LogP contribution in [-0.2, 0) is 11.8 Å². The molecular formula is C13H21N3O2. The maximum absolute atomic E-state index is 10.9. The monoisotopic (exact) mass is 251 g/mol. The van der Waals surface area contributed by atoms with Gasteiger partial charge in [0.1, 0.15) is 0 Å². The topological polar surface area (TPSA) is 58.4 Å². The molecule has 1 aromatic rings. The van der Waals surface area contributed by atoms with Crippen LogP contribution >= 0.6 is 0 Å². The average molecular weight is 251 g/mol. The fourth-order valence-electron chi connectivity index (χ4n) is 3.00. The van der Waals surface area contributed by atoms with Crippen LogP contribution in [0.2, 0.25) is 0 Å². The summed E-state index contributed by atoms with van der Waals surface area (Å²) in [5, 5.41) is 13.3. The molecular weight excluding hydrogens is 230 g/mol. The molecule has 2 heterocycles. The van der Waals surface area contributed by atoms with E-state index in [1.807, 2.05) is 24.9 Å². The second-order valence-electron chi connectivity index (χ2n) is 5.15. The van der Waals surface area contributed by atoms with Gasteiger partial charge in [-0.3, -0.25) is 14.4 Å². The van der Waals surface area contributed by atoms with E-state index < -0.39 is 5.97 Å². The van der Waals surface area contributed by atoms with E-state index in [9.17, 15) is 4.79 Å². The smallest absolute Gasteiger partial charge is 0.304 e. The number of carboxylic acid groups (broad SMARTS) is 1. The number of carboxylic acids is 1. The lowest BCUT2D eigenvalue weighted by Crippen LogP contribution is -2.33. The summed E-state index contributed by atoms with van der Waals surface area (Å²) >= 11 is 0. The highest BCUT2D eigenvalue weighted by Gasteiger charge is 2.31. The van der Waals surface area contributed by atoms with E-state index in [-0.39, 0.29) is 18.5 Å². The van der Waals surface area contributed by atoms with Gasteiger partial charge in [-0.05, 0) is 33.2 Å². The molecule has 0 spiro atoms. The van der Waals surface area contributed by atoms with Crippen molar-refractivity contribution < 1.29 is 9.90 Å². The molecule has 0 saturated carbocycles. The number of carbonyl (C=O) groups is 1. The van der Waals surface area contributed by atoms with Crippen LogP contribution in [0.1, 0.15) is 43.5 Å². The van der Waals surface area contributed by atoms with Gasteiger partial charge in [-0.15, -0.1) is 0 Å². The highest BCUT2D eigenvalue weighted by atomic mass is 16.4. The second kappa shape index (κ2) is 5.10. The zero-order valence-electron chi connectivity index (χ0n) is 11.3. The molecule has 0 radical (unpaired) electrons. The molecule has 2 rings (SSSR count). The Morgan fingerprint density at radius 3 is 2.94 bits per heavy atom. The summed E-state index contributed by atoms with van der Waals surface area (Å²) in [7, 11) is 1.92. The molecule has 1 aliphatic rings. The Morgan fingerprint density at radius 1 is 1.67 bits per heavy atom. The minimum absolute atomic E-state index is 0.164. The van der Waals surface area contributed by atoms with Gasteiger partial charge in [0.25, 0.3) is 0 Å². The molecule has 0 aliphatic carbocycles. The van der Waals surface area contributed by atoms with Gasteiger partial charge in [-0.25, -0.2) is 0 Å². The molecule has 1 fully saturated rings. The van der Waals surface area contributed by atoms with Crippen LogP contribution < -0.4 is 0 Å². The second-order valence-corrected chi connectivity index (χ2v) is 5.15. The summed E-state index contributed by atoms with van der Waals surface area (Å²) in [4.78, 5) is 13.2. The minimum atomic E-state index is -0.706. The van der Waals surface area contributed by atoms with E-state index >= 15 is 0 Å². The van der Waals surface area contributed by atoms with Crippen molar-refractivity contribution in [2.24, 2.45) is 7.05 Å². The van der Waals surface area contributed by atoms with Crippen molar-refractivity contribution >= 4 is 5.97 Å². The Labute approximate surface area is 107 Å². The lowest BCUT2D eigenvalue weighted by atomic mass is 10.1. The fraction of sp³-hybridized carbons (Fsp3) is 0.692. The molecule has 1 aliphatic heterocycles. The number of hydrogen-bond donors (Lipinski definition) is 1. The SMILES string of the molecule is Cc1nn(C)cc1C(C)N1CCCC1CC(=O)O. The highest BCUT2D eigenvalue weighted by molar-refractivity contribution is 5.67. The highest BCUT2D eigenvalue weighted by Crippen LogP contribution is 2.31. The van der Waals surface area contributed by atoms with Gasteiger partial charge in [-0.2, -0.15) is 5.10 Å². The van der Waals surface area contributed by atoms with E-state index in [2.05, 4.69) is 16.9 Å². The van der Waals surface area contributed by atoms with Crippen molar-refractivity contribution in [3.05, 3.63) is 17.5 Å². The van der Waals surface area contributed by atoms with Crippen LogP contribution in [0.25, 0.3) is 0 Å². The van der Waals surface area contributed by atoms with E-state index in [0.29, 0.717) is 0 Å². The summed E-state index contributed by atoms with van der Waals surface area (Å²) in [5.74, 6) is -0.706. The van der Waals surface area contributed by atoms with Crippen molar-refractivity contribution in [3.63, 3.8) is 0 Å². The molecule has 0 aromatic carbocycles. The number of aryl methyl sites for hydroxylation is 2. The van der Waals surface area contributed by atoms with Crippen LogP contribution in [0.3, 0.4) is 0 Å². The van der Waals surface area contributed by atoms with Gasteiger partial charge in [0.15, 0.2) is 0 Å². The summed E-state index contributed by atoms with van der Waals surface area (Å²) in [6.45, 7) is 5.13. The Bertz CT molecular complexity index is 441. The molecule has 5 nitrogen and oxygen atoms in total. The first-order valence-corrected chi connectivity index (χ1v) is 6.46. The predicted molar refractivity (Wildman–Crippen MR) is 68.3 cm³/mol. The molecule has 2 unspecified atom stereocenters. The lowest BCUT2D eigenvalue weighted by Gasteiger charge is -2.29. The predicted octanol–water partition coefficient (Wildman–Crippen LogP) is 1.73. The molecule has 0 bridgehead atoms. The molecule has 18 heavy (non-hydrogen) atoms. The van der Waals surface area contributed by atoms with Gasteiger partial charge in [-0.1, -0.05) is 0 Å². The number of nitrogens with zero attached hydrogens (tertiary/aromatic N) is 3. The Morgan fingerprint density at radius 2 is 2.39 bits per heavy atom. The van der Waals surface area contributed by atoms with Crippen molar-refractivity contribution in [3.8, 4) is 0 Å².